The van der Waals surface area contributed by atoms with Crippen molar-refractivity contribution >= 4 is 17.2 Å². The molecule has 1 heterocycles. The Bertz CT molecular complexity index is 352. The molecule has 0 spiro atoms. The van der Waals surface area contributed by atoms with Crippen LogP contribution in [0.1, 0.15) is 30.7 Å². The quantitative estimate of drug-likeness (QED) is 0.792. The molecule has 0 aliphatic rings. The molecule has 0 bridgehead atoms. The first-order valence-electron chi connectivity index (χ1n) is 6.14. The van der Waals surface area contributed by atoms with Gasteiger partial charge in [0.2, 0.25) is 5.91 Å². The number of hydrogen-bond acceptors (Lipinski definition) is 4. The Morgan fingerprint density at radius 2 is 2.28 bits per heavy atom. The largest absolute Gasteiger partial charge is 0.387 e. The van der Waals surface area contributed by atoms with Gasteiger partial charge in [0.15, 0.2) is 0 Å². The van der Waals surface area contributed by atoms with Gasteiger partial charge in [-0.05, 0) is 38.9 Å². The summed E-state index contributed by atoms with van der Waals surface area (Å²) in [6.45, 7) is 2.66. The fraction of sp³-hybridized carbons (Fsp3) is 0.615. The van der Waals surface area contributed by atoms with Crippen LogP contribution in [0.2, 0.25) is 0 Å². The smallest absolute Gasteiger partial charge is 0.221 e. The second-order valence-corrected chi connectivity index (χ2v) is 5.77. The minimum absolute atomic E-state index is 0.0169. The predicted octanol–water partition coefficient (Wildman–Crippen LogP) is 1.63. The molecule has 1 aromatic heterocycles. The lowest BCUT2D eigenvalue weighted by atomic mass is 10.1. The van der Waals surface area contributed by atoms with Crippen molar-refractivity contribution < 1.29 is 9.90 Å². The highest BCUT2D eigenvalue weighted by molar-refractivity contribution is 7.10. The zero-order valence-electron chi connectivity index (χ0n) is 11.2. The molecule has 0 radical (unpaired) electrons. The lowest BCUT2D eigenvalue weighted by Gasteiger charge is -2.18. The molecule has 18 heavy (non-hydrogen) atoms. The molecule has 1 amide bonds. The Kier molecular flexibility index (Phi) is 6.32. The first-order chi connectivity index (χ1) is 8.49. The molecule has 4 nitrogen and oxygen atoms in total. The number of carbonyl (C=O) groups excluding carboxylic acids is 1. The van der Waals surface area contributed by atoms with Gasteiger partial charge < -0.3 is 15.3 Å². The van der Waals surface area contributed by atoms with E-state index < -0.39 is 6.10 Å². The van der Waals surface area contributed by atoms with Crippen molar-refractivity contribution in [2.24, 2.45) is 0 Å². The molecular weight excluding hydrogens is 248 g/mol. The van der Waals surface area contributed by atoms with E-state index in [1.807, 2.05) is 43.4 Å². The van der Waals surface area contributed by atoms with Crippen LogP contribution in [0.3, 0.4) is 0 Å². The number of thiophene rings is 1. The lowest BCUT2D eigenvalue weighted by molar-refractivity contribution is -0.122. The van der Waals surface area contributed by atoms with Crippen LogP contribution in [0.25, 0.3) is 0 Å². The van der Waals surface area contributed by atoms with E-state index in [1.165, 1.54) is 11.3 Å². The third-order valence-corrected chi connectivity index (χ3v) is 3.62. The summed E-state index contributed by atoms with van der Waals surface area (Å²) in [6, 6.07) is 3.82. The number of aliphatic hydroxyl groups is 1. The summed E-state index contributed by atoms with van der Waals surface area (Å²) < 4.78 is 0. The second-order valence-electron chi connectivity index (χ2n) is 4.79. The highest BCUT2D eigenvalue weighted by atomic mass is 32.1. The summed E-state index contributed by atoms with van der Waals surface area (Å²) in [5.74, 6) is 0.0366. The van der Waals surface area contributed by atoms with Crippen LogP contribution in [0, 0.1) is 0 Å². The summed E-state index contributed by atoms with van der Waals surface area (Å²) in [5.41, 5.74) is 0. The maximum absolute atomic E-state index is 11.6. The van der Waals surface area contributed by atoms with Crippen LogP contribution in [-0.4, -0.2) is 42.6 Å². The van der Waals surface area contributed by atoms with E-state index in [0.717, 1.165) is 11.4 Å². The Balaban J connectivity index is 2.28. The molecule has 0 aromatic carbocycles. The number of nitrogens with one attached hydrogen (secondary N) is 1. The van der Waals surface area contributed by atoms with E-state index in [-0.39, 0.29) is 11.9 Å². The monoisotopic (exact) mass is 270 g/mol. The zero-order chi connectivity index (χ0) is 13.5. The number of nitrogens with zero attached hydrogens (tertiary/aromatic N) is 1. The van der Waals surface area contributed by atoms with E-state index in [4.69, 9.17) is 0 Å². The standard InChI is InChI=1S/C13H22N2O2S/c1-10(14-13(17)6-7-15(2)3)9-11(16)12-5-4-8-18-12/h4-5,8,10-11,16H,6-7,9H2,1-3H3,(H,14,17). The van der Waals surface area contributed by atoms with E-state index in [9.17, 15) is 9.90 Å². The Labute approximate surface area is 113 Å². The van der Waals surface area contributed by atoms with Crippen molar-refractivity contribution in [1.29, 1.82) is 0 Å². The second kappa shape index (κ2) is 7.51. The fourth-order valence-electron chi connectivity index (χ4n) is 1.66. The van der Waals surface area contributed by atoms with Crippen molar-refractivity contribution in [2.45, 2.75) is 31.9 Å². The van der Waals surface area contributed by atoms with Crippen molar-refractivity contribution in [3.8, 4) is 0 Å². The molecule has 2 atom stereocenters. The molecule has 0 fully saturated rings. The summed E-state index contributed by atoms with van der Waals surface area (Å²) in [4.78, 5) is 14.5. The average Bonchev–Trinajstić information content (AvgIpc) is 2.79. The first-order valence-corrected chi connectivity index (χ1v) is 7.02. The van der Waals surface area contributed by atoms with Gasteiger partial charge in [0.05, 0.1) is 6.10 Å². The Morgan fingerprint density at radius 1 is 1.56 bits per heavy atom. The number of rotatable bonds is 7. The maximum atomic E-state index is 11.6. The highest BCUT2D eigenvalue weighted by Crippen LogP contribution is 2.22. The van der Waals surface area contributed by atoms with Crippen molar-refractivity contribution in [3.63, 3.8) is 0 Å². The fourth-order valence-corrected chi connectivity index (χ4v) is 2.39. The number of carbonyl (C=O) groups is 1. The normalized spacial score (nSPS) is 14.5. The van der Waals surface area contributed by atoms with Gasteiger partial charge >= 0.3 is 0 Å². The van der Waals surface area contributed by atoms with Gasteiger partial charge in [-0.3, -0.25) is 4.79 Å². The highest BCUT2D eigenvalue weighted by Gasteiger charge is 2.15. The SMILES string of the molecule is CC(CC(O)c1cccs1)NC(=O)CCN(C)C. The van der Waals surface area contributed by atoms with E-state index >= 15 is 0 Å². The van der Waals surface area contributed by atoms with E-state index in [0.29, 0.717) is 12.8 Å². The third-order valence-electron chi connectivity index (χ3n) is 2.64. The molecule has 2 unspecified atom stereocenters. The Hall–Kier alpha value is -0.910. The first kappa shape index (κ1) is 15.1. The summed E-state index contributed by atoms with van der Waals surface area (Å²) in [5, 5.41) is 14.8. The molecule has 0 saturated carbocycles. The van der Waals surface area contributed by atoms with Gasteiger partial charge in [0.25, 0.3) is 0 Å². The summed E-state index contributed by atoms with van der Waals surface area (Å²) in [6.07, 6.45) is 0.551. The minimum Gasteiger partial charge on any atom is -0.387 e. The molecule has 0 aliphatic carbocycles. The third kappa shape index (κ3) is 5.62. The number of hydrogen-bond donors (Lipinski definition) is 2. The minimum atomic E-state index is -0.492. The van der Waals surface area contributed by atoms with Gasteiger partial charge in [-0.2, -0.15) is 0 Å². The van der Waals surface area contributed by atoms with Crippen LogP contribution in [0.15, 0.2) is 17.5 Å². The lowest BCUT2D eigenvalue weighted by Crippen LogP contribution is -2.35. The van der Waals surface area contributed by atoms with Crippen LogP contribution in [0.4, 0.5) is 0 Å². The zero-order valence-corrected chi connectivity index (χ0v) is 12.0. The molecule has 0 aliphatic heterocycles. The summed E-state index contributed by atoms with van der Waals surface area (Å²) >= 11 is 1.54. The topological polar surface area (TPSA) is 52.6 Å². The van der Waals surface area contributed by atoms with Gasteiger partial charge in [0, 0.05) is 23.9 Å². The Morgan fingerprint density at radius 3 is 2.83 bits per heavy atom. The summed E-state index contributed by atoms with van der Waals surface area (Å²) in [7, 11) is 3.88. The molecule has 2 N–H and O–H groups in total. The van der Waals surface area contributed by atoms with Gasteiger partial charge in [0.1, 0.15) is 0 Å². The van der Waals surface area contributed by atoms with Crippen LogP contribution < -0.4 is 5.32 Å². The van der Waals surface area contributed by atoms with Crippen LogP contribution in [0.5, 0.6) is 0 Å². The molecule has 1 rings (SSSR count). The number of amides is 1. The van der Waals surface area contributed by atoms with Gasteiger partial charge in [-0.15, -0.1) is 11.3 Å². The molecule has 1 aromatic rings. The molecular formula is C13H22N2O2S. The van der Waals surface area contributed by atoms with Crippen molar-refractivity contribution in [3.05, 3.63) is 22.4 Å². The molecule has 5 heteroatoms. The predicted molar refractivity (Wildman–Crippen MR) is 74.7 cm³/mol. The van der Waals surface area contributed by atoms with Crippen molar-refractivity contribution in [1.82, 2.24) is 10.2 Å². The van der Waals surface area contributed by atoms with Gasteiger partial charge in [-0.25, -0.2) is 0 Å². The molecule has 0 saturated heterocycles. The average molecular weight is 270 g/mol. The van der Waals surface area contributed by atoms with Crippen molar-refractivity contribution in [2.75, 3.05) is 20.6 Å². The van der Waals surface area contributed by atoms with Gasteiger partial charge in [-0.1, -0.05) is 6.07 Å². The number of aliphatic hydroxyl groups excluding tert-OH is 1. The van der Waals surface area contributed by atoms with E-state index in [1.54, 1.807) is 0 Å². The van der Waals surface area contributed by atoms with Crippen LogP contribution in [-0.2, 0) is 4.79 Å². The maximum Gasteiger partial charge on any atom is 0.221 e. The van der Waals surface area contributed by atoms with E-state index in [2.05, 4.69) is 5.32 Å². The molecule has 102 valence electrons. The van der Waals surface area contributed by atoms with Crippen LogP contribution >= 0.6 is 11.3 Å².